The molecule has 0 aromatic carbocycles. The second kappa shape index (κ2) is 11.0. The van der Waals surface area contributed by atoms with Crippen LogP contribution in [0.4, 0.5) is 13.2 Å². The summed E-state index contributed by atoms with van der Waals surface area (Å²) < 4.78 is 41.3. The van der Waals surface area contributed by atoms with Crippen molar-refractivity contribution >= 4 is 11.9 Å². The third kappa shape index (κ3) is 6.81. The van der Waals surface area contributed by atoms with E-state index in [9.17, 15) is 18.0 Å². The maximum atomic E-state index is 14.2. The molecule has 8 atom stereocenters. The van der Waals surface area contributed by atoms with Crippen molar-refractivity contribution in [3.8, 4) is 0 Å². The highest BCUT2D eigenvalue weighted by molar-refractivity contribution is 5.98. The van der Waals surface area contributed by atoms with Crippen molar-refractivity contribution in [1.29, 1.82) is 0 Å². The molecule has 6 nitrogen and oxygen atoms in total. The Bertz CT molecular complexity index is 634. The molecule has 3 rings (SSSR count). The predicted molar refractivity (Wildman–Crippen MR) is 115 cm³/mol. The minimum absolute atomic E-state index is 0.0660. The van der Waals surface area contributed by atoms with Crippen LogP contribution in [0.25, 0.3) is 0 Å². The SMILES string of the molecule is CC(C)CN=C(NC(=O)C1CCC(F)C(F)C1)NC1CC(C2CCC(C)C(F)C2)NN1. The first kappa shape index (κ1) is 24.3. The molecule has 178 valence electrons. The van der Waals surface area contributed by atoms with Crippen LogP contribution >= 0.6 is 0 Å². The molecule has 8 unspecified atom stereocenters. The topological polar surface area (TPSA) is 77.5 Å². The van der Waals surface area contributed by atoms with Gasteiger partial charge in [-0.05, 0) is 62.7 Å². The van der Waals surface area contributed by atoms with E-state index in [1.54, 1.807) is 0 Å². The fraction of sp³-hybridized carbons (Fsp3) is 0.909. The van der Waals surface area contributed by atoms with Crippen molar-refractivity contribution in [2.24, 2.45) is 28.7 Å². The number of nitrogens with zero attached hydrogens (tertiary/aromatic N) is 1. The van der Waals surface area contributed by atoms with Gasteiger partial charge >= 0.3 is 0 Å². The van der Waals surface area contributed by atoms with E-state index in [0.29, 0.717) is 31.3 Å². The second-order valence-electron chi connectivity index (χ2n) is 10.0. The minimum atomic E-state index is -1.59. The predicted octanol–water partition coefficient (Wildman–Crippen LogP) is 3.15. The summed E-state index contributed by atoms with van der Waals surface area (Å²) in [5.74, 6) is 0.167. The first-order valence-corrected chi connectivity index (χ1v) is 11.8. The summed E-state index contributed by atoms with van der Waals surface area (Å²) >= 11 is 0. The zero-order valence-corrected chi connectivity index (χ0v) is 18.8. The lowest BCUT2D eigenvalue weighted by molar-refractivity contribution is -0.125. The average molecular weight is 446 g/mol. The van der Waals surface area contributed by atoms with Crippen molar-refractivity contribution in [3.63, 3.8) is 0 Å². The molecule has 9 heteroatoms. The smallest absolute Gasteiger partial charge is 0.229 e. The molecule has 2 saturated carbocycles. The van der Waals surface area contributed by atoms with Gasteiger partial charge in [0.05, 0.1) is 6.17 Å². The highest BCUT2D eigenvalue weighted by Crippen LogP contribution is 2.34. The summed E-state index contributed by atoms with van der Waals surface area (Å²) in [6.07, 6.45) is -0.478. The van der Waals surface area contributed by atoms with E-state index in [-0.39, 0.29) is 42.8 Å². The Labute approximate surface area is 183 Å². The first-order chi connectivity index (χ1) is 14.7. The molecule has 0 radical (unpaired) electrons. The summed E-state index contributed by atoms with van der Waals surface area (Å²) in [7, 11) is 0. The molecule has 0 aromatic rings. The zero-order chi connectivity index (χ0) is 22.5. The number of hydrazine groups is 1. The fourth-order valence-electron chi connectivity index (χ4n) is 4.74. The highest BCUT2D eigenvalue weighted by Gasteiger charge is 2.37. The molecule has 1 aliphatic heterocycles. The number of carbonyl (C=O) groups is 1. The van der Waals surface area contributed by atoms with E-state index in [4.69, 9.17) is 0 Å². The van der Waals surface area contributed by atoms with Gasteiger partial charge in [0.25, 0.3) is 0 Å². The third-order valence-electron chi connectivity index (χ3n) is 6.87. The normalized spacial score (nSPS) is 39.5. The molecule has 1 saturated heterocycles. The molecule has 2 aliphatic carbocycles. The molecule has 3 fully saturated rings. The summed E-state index contributed by atoms with van der Waals surface area (Å²) in [6.45, 7) is 6.56. The van der Waals surface area contributed by atoms with Crippen LogP contribution in [0.15, 0.2) is 4.99 Å². The molecule has 0 spiro atoms. The van der Waals surface area contributed by atoms with Crippen molar-refractivity contribution < 1.29 is 18.0 Å². The number of alkyl halides is 3. The lowest BCUT2D eigenvalue weighted by Crippen LogP contribution is -2.52. The summed E-state index contributed by atoms with van der Waals surface area (Å²) in [5.41, 5.74) is 6.46. The van der Waals surface area contributed by atoms with E-state index in [1.807, 2.05) is 20.8 Å². The molecule has 1 amide bonds. The molecule has 0 aromatic heterocycles. The Morgan fingerprint density at radius 3 is 2.45 bits per heavy atom. The molecular formula is C22H38F3N5O. The quantitative estimate of drug-likeness (QED) is 0.387. The van der Waals surface area contributed by atoms with E-state index >= 15 is 0 Å². The molecule has 4 N–H and O–H groups in total. The van der Waals surface area contributed by atoms with Gasteiger partial charge in [-0.25, -0.2) is 18.6 Å². The molecule has 3 aliphatic rings. The van der Waals surface area contributed by atoms with E-state index in [2.05, 4.69) is 26.5 Å². The van der Waals surface area contributed by atoms with Crippen LogP contribution in [0, 0.1) is 23.7 Å². The largest absolute Gasteiger partial charge is 0.339 e. The van der Waals surface area contributed by atoms with Crippen LogP contribution in [0.1, 0.15) is 65.7 Å². The number of nitrogens with one attached hydrogen (secondary N) is 4. The monoisotopic (exact) mass is 445 g/mol. The number of hydrogen-bond acceptors (Lipinski definition) is 4. The maximum absolute atomic E-state index is 14.2. The maximum Gasteiger partial charge on any atom is 0.229 e. The lowest BCUT2D eigenvalue weighted by Gasteiger charge is -2.32. The third-order valence-corrected chi connectivity index (χ3v) is 6.87. The highest BCUT2D eigenvalue weighted by atomic mass is 19.2. The number of aliphatic imine (C=N–C) groups is 1. The van der Waals surface area contributed by atoms with Gasteiger partial charge < -0.3 is 5.32 Å². The van der Waals surface area contributed by atoms with Crippen molar-refractivity contribution in [1.82, 2.24) is 21.5 Å². The van der Waals surface area contributed by atoms with Gasteiger partial charge in [0, 0.05) is 18.5 Å². The average Bonchev–Trinajstić information content (AvgIpc) is 3.18. The Hall–Kier alpha value is -1.35. The van der Waals surface area contributed by atoms with Crippen molar-refractivity contribution in [3.05, 3.63) is 0 Å². The number of guanidine groups is 1. The molecule has 0 bridgehead atoms. The summed E-state index contributed by atoms with van der Waals surface area (Å²) in [4.78, 5) is 17.2. The lowest BCUT2D eigenvalue weighted by atomic mass is 9.77. The summed E-state index contributed by atoms with van der Waals surface area (Å²) in [6, 6.07) is 0.150. The van der Waals surface area contributed by atoms with Crippen LogP contribution < -0.4 is 21.5 Å². The first-order valence-electron chi connectivity index (χ1n) is 11.8. The van der Waals surface area contributed by atoms with Gasteiger partial charge in [-0.15, -0.1) is 0 Å². The van der Waals surface area contributed by atoms with E-state index < -0.39 is 24.4 Å². The zero-order valence-electron chi connectivity index (χ0n) is 18.8. The van der Waals surface area contributed by atoms with Crippen molar-refractivity contribution in [2.75, 3.05) is 6.54 Å². The Balaban J connectivity index is 1.55. The van der Waals surface area contributed by atoms with Crippen LogP contribution in [-0.4, -0.2) is 49.1 Å². The van der Waals surface area contributed by atoms with Crippen LogP contribution in [-0.2, 0) is 4.79 Å². The van der Waals surface area contributed by atoms with Crippen LogP contribution in [0.3, 0.4) is 0 Å². The number of hydrogen-bond donors (Lipinski definition) is 4. The van der Waals surface area contributed by atoms with Gasteiger partial charge in [0.1, 0.15) is 18.5 Å². The number of halogens is 3. The Morgan fingerprint density at radius 1 is 1.00 bits per heavy atom. The van der Waals surface area contributed by atoms with E-state index in [1.165, 1.54) is 0 Å². The summed E-state index contributed by atoms with van der Waals surface area (Å²) in [5, 5.41) is 6.03. The van der Waals surface area contributed by atoms with Gasteiger partial charge in [0.15, 0.2) is 5.96 Å². The molecule has 31 heavy (non-hydrogen) atoms. The Morgan fingerprint density at radius 2 is 1.77 bits per heavy atom. The van der Waals surface area contributed by atoms with Gasteiger partial charge in [-0.3, -0.25) is 20.5 Å². The van der Waals surface area contributed by atoms with Gasteiger partial charge in [-0.2, -0.15) is 0 Å². The van der Waals surface area contributed by atoms with E-state index in [0.717, 1.165) is 19.3 Å². The van der Waals surface area contributed by atoms with Gasteiger partial charge in [0.2, 0.25) is 5.91 Å². The standard InChI is InChI=1S/C22H38F3N5O/c1-12(2)11-26-22(28-21(31)15-6-7-16(23)18(25)9-15)27-20-10-19(29-30-20)14-5-4-13(3)17(24)8-14/h12-20,29-30H,4-11H2,1-3H3,(H2,26,27,28,31). The number of amides is 1. The molecule has 1 heterocycles. The van der Waals surface area contributed by atoms with Gasteiger partial charge in [-0.1, -0.05) is 20.8 Å². The van der Waals surface area contributed by atoms with Crippen LogP contribution in [0.5, 0.6) is 0 Å². The van der Waals surface area contributed by atoms with Crippen LogP contribution in [0.2, 0.25) is 0 Å². The second-order valence-corrected chi connectivity index (χ2v) is 10.0. The number of carbonyl (C=O) groups excluding carboxylic acids is 1. The Kier molecular flexibility index (Phi) is 8.61. The fourth-order valence-corrected chi connectivity index (χ4v) is 4.74. The minimum Gasteiger partial charge on any atom is -0.339 e. The molecular weight excluding hydrogens is 407 g/mol. The van der Waals surface area contributed by atoms with Crippen molar-refractivity contribution in [2.45, 2.75) is 96.4 Å². The number of rotatable bonds is 5.